The Hall–Kier alpha value is -1.47. The van der Waals surface area contributed by atoms with E-state index in [-0.39, 0.29) is 43.0 Å². The van der Waals surface area contributed by atoms with Crippen molar-refractivity contribution in [3.8, 4) is 0 Å². The van der Waals surface area contributed by atoms with Gasteiger partial charge in [-0.1, -0.05) is 12.1 Å². The van der Waals surface area contributed by atoms with Gasteiger partial charge in [-0.3, -0.25) is 4.79 Å². The Kier molecular flexibility index (Phi) is 3.86. The molecule has 19 heavy (non-hydrogen) atoms. The molecule has 0 spiro atoms. The number of nitrogens with two attached hydrogens (primary N) is 1. The van der Waals surface area contributed by atoms with Crippen LogP contribution in [-0.2, 0) is 20.6 Å². The van der Waals surface area contributed by atoms with E-state index < -0.39 is 21.6 Å². The van der Waals surface area contributed by atoms with Crippen molar-refractivity contribution in [1.29, 1.82) is 0 Å². The number of carbonyl (C=O) groups excluding carboxylic acids is 1. The summed E-state index contributed by atoms with van der Waals surface area (Å²) in [5.74, 6) is -1.07. The lowest BCUT2D eigenvalue weighted by molar-refractivity contribution is -0.120. The molecule has 2 rings (SSSR count). The van der Waals surface area contributed by atoms with E-state index in [2.05, 4.69) is 0 Å². The number of rotatable bonds is 3. The quantitative estimate of drug-likeness (QED) is 0.837. The zero-order chi connectivity index (χ0) is 14.0. The van der Waals surface area contributed by atoms with E-state index in [9.17, 15) is 17.6 Å². The number of anilines is 1. The summed E-state index contributed by atoms with van der Waals surface area (Å²) in [4.78, 5) is 11.1. The lowest BCUT2D eigenvalue weighted by Gasteiger charge is -2.25. The van der Waals surface area contributed by atoms with Gasteiger partial charge in [0.2, 0.25) is 10.0 Å². The third-order valence-corrected chi connectivity index (χ3v) is 4.95. The van der Waals surface area contributed by atoms with Crippen LogP contribution in [0.1, 0.15) is 18.4 Å². The molecular weight excluding hydrogens is 271 g/mol. The van der Waals surface area contributed by atoms with Gasteiger partial charge in [-0.15, -0.1) is 0 Å². The Balaban J connectivity index is 2.17. The van der Waals surface area contributed by atoms with Crippen LogP contribution in [0.3, 0.4) is 0 Å². The third-order valence-electron chi connectivity index (χ3n) is 3.12. The standard InChI is InChI=1S/C12H15FN2O3S/c13-12-9(2-1-3-11(12)14)8-19(17,18)15-6-4-10(16)5-7-15/h1-3H,4-8,14H2. The maximum Gasteiger partial charge on any atom is 0.218 e. The molecule has 0 radical (unpaired) electrons. The lowest BCUT2D eigenvalue weighted by atomic mass is 10.1. The molecule has 0 aromatic heterocycles. The number of piperidine rings is 1. The summed E-state index contributed by atoms with van der Waals surface area (Å²) in [5, 5.41) is 0. The molecule has 5 nitrogen and oxygen atoms in total. The number of sulfonamides is 1. The van der Waals surface area contributed by atoms with E-state index >= 15 is 0 Å². The minimum atomic E-state index is -3.61. The molecule has 1 heterocycles. The molecule has 1 aromatic rings. The highest BCUT2D eigenvalue weighted by Gasteiger charge is 2.27. The van der Waals surface area contributed by atoms with Crippen LogP contribution in [0, 0.1) is 5.82 Å². The van der Waals surface area contributed by atoms with Gasteiger partial charge in [0, 0.05) is 31.5 Å². The number of nitrogen functional groups attached to an aromatic ring is 1. The molecule has 1 aliphatic heterocycles. The molecule has 1 aliphatic rings. The summed E-state index contributed by atoms with van der Waals surface area (Å²) in [5.41, 5.74) is 5.39. The van der Waals surface area contributed by atoms with Crippen molar-refractivity contribution in [2.45, 2.75) is 18.6 Å². The van der Waals surface area contributed by atoms with Crippen LogP contribution in [0.4, 0.5) is 10.1 Å². The van der Waals surface area contributed by atoms with Crippen molar-refractivity contribution < 1.29 is 17.6 Å². The number of hydrogen-bond donors (Lipinski definition) is 1. The molecule has 0 saturated carbocycles. The van der Waals surface area contributed by atoms with E-state index in [0.29, 0.717) is 0 Å². The number of ketones is 1. The number of halogens is 1. The van der Waals surface area contributed by atoms with Gasteiger partial charge in [0.25, 0.3) is 0 Å². The zero-order valence-electron chi connectivity index (χ0n) is 10.3. The Bertz CT molecular complexity index is 591. The van der Waals surface area contributed by atoms with Crippen molar-refractivity contribution >= 4 is 21.5 Å². The maximum atomic E-state index is 13.7. The molecular formula is C12H15FN2O3S. The van der Waals surface area contributed by atoms with Crippen molar-refractivity contribution in [3.05, 3.63) is 29.6 Å². The summed E-state index contributed by atoms with van der Waals surface area (Å²) in [6, 6.07) is 4.30. The summed E-state index contributed by atoms with van der Waals surface area (Å²) in [6.07, 6.45) is 0.442. The van der Waals surface area contributed by atoms with Crippen LogP contribution in [0.2, 0.25) is 0 Å². The second-order valence-electron chi connectivity index (χ2n) is 4.51. The van der Waals surface area contributed by atoms with Crippen LogP contribution < -0.4 is 5.73 Å². The average molecular weight is 286 g/mol. The van der Waals surface area contributed by atoms with E-state index in [1.165, 1.54) is 22.5 Å². The van der Waals surface area contributed by atoms with Crippen molar-refractivity contribution in [1.82, 2.24) is 4.31 Å². The van der Waals surface area contributed by atoms with Gasteiger partial charge in [-0.2, -0.15) is 0 Å². The number of nitrogens with zero attached hydrogens (tertiary/aromatic N) is 1. The average Bonchev–Trinajstić information content (AvgIpc) is 2.35. The monoisotopic (exact) mass is 286 g/mol. The zero-order valence-corrected chi connectivity index (χ0v) is 11.1. The highest BCUT2D eigenvalue weighted by atomic mass is 32.2. The van der Waals surface area contributed by atoms with Crippen molar-refractivity contribution in [3.63, 3.8) is 0 Å². The molecule has 1 aromatic carbocycles. The number of carbonyl (C=O) groups is 1. The lowest BCUT2D eigenvalue weighted by Crippen LogP contribution is -2.39. The molecule has 1 fully saturated rings. The minimum absolute atomic E-state index is 0.0527. The first-order valence-corrected chi connectivity index (χ1v) is 7.53. The van der Waals surface area contributed by atoms with Crippen LogP contribution in [0.5, 0.6) is 0 Å². The predicted molar refractivity (Wildman–Crippen MR) is 69.3 cm³/mol. The van der Waals surface area contributed by atoms with Crippen LogP contribution in [0.25, 0.3) is 0 Å². The Morgan fingerprint density at radius 1 is 1.26 bits per heavy atom. The minimum Gasteiger partial charge on any atom is -0.396 e. The van der Waals surface area contributed by atoms with Crippen molar-refractivity contribution in [2.24, 2.45) is 0 Å². The van der Waals surface area contributed by atoms with Crippen LogP contribution >= 0.6 is 0 Å². The summed E-state index contributed by atoms with van der Waals surface area (Å²) >= 11 is 0. The van der Waals surface area contributed by atoms with Gasteiger partial charge in [0.15, 0.2) is 0 Å². The van der Waals surface area contributed by atoms with Gasteiger partial charge in [-0.05, 0) is 6.07 Å². The van der Waals surface area contributed by atoms with Crippen molar-refractivity contribution in [2.75, 3.05) is 18.8 Å². The number of benzene rings is 1. The molecule has 1 saturated heterocycles. The summed E-state index contributed by atoms with van der Waals surface area (Å²) < 4.78 is 39.2. The first kappa shape index (κ1) is 14.0. The van der Waals surface area contributed by atoms with E-state index in [1.807, 2.05) is 0 Å². The molecule has 0 atom stereocenters. The Morgan fingerprint density at radius 3 is 2.53 bits per heavy atom. The predicted octanol–water partition coefficient (Wildman–Crippen LogP) is 0.903. The normalized spacial score (nSPS) is 17.6. The third kappa shape index (κ3) is 3.10. The summed E-state index contributed by atoms with van der Waals surface area (Å²) in [6.45, 7) is 0.343. The van der Waals surface area contributed by atoms with Gasteiger partial charge in [0.1, 0.15) is 11.6 Å². The second kappa shape index (κ2) is 5.26. The molecule has 0 aliphatic carbocycles. The highest BCUT2D eigenvalue weighted by molar-refractivity contribution is 7.88. The molecule has 2 N–H and O–H groups in total. The Labute approximate surface area is 111 Å². The topological polar surface area (TPSA) is 80.5 Å². The van der Waals surface area contributed by atoms with E-state index in [1.54, 1.807) is 0 Å². The SMILES string of the molecule is Nc1cccc(CS(=O)(=O)N2CCC(=O)CC2)c1F. The molecule has 0 amide bonds. The molecule has 7 heteroatoms. The number of hydrogen-bond acceptors (Lipinski definition) is 4. The van der Waals surface area contributed by atoms with Crippen LogP contribution in [-0.4, -0.2) is 31.6 Å². The van der Waals surface area contributed by atoms with E-state index in [4.69, 9.17) is 5.73 Å². The van der Waals surface area contributed by atoms with Crippen LogP contribution in [0.15, 0.2) is 18.2 Å². The fraction of sp³-hybridized carbons (Fsp3) is 0.417. The first-order valence-electron chi connectivity index (χ1n) is 5.92. The first-order chi connectivity index (χ1) is 8.90. The largest absolute Gasteiger partial charge is 0.396 e. The summed E-state index contributed by atoms with van der Waals surface area (Å²) in [7, 11) is -3.61. The smallest absolute Gasteiger partial charge is 0.218 e. The fourth-order valence-electron chi connectivity index (χ4n) is 2.01. The van der Waals surface area contributed by atoms with Gasteiger partial charge in [-0.25, -0.2) is 17.1 Å². The molecule has 0 bridgehead atoms. The Morgan fingerprint density at radius 2 is 1.89 bits per heavy atom. The molecule has 104 valence electrons. The maximum absolute atomic E-state index is 13.7. The molecule has 0 unspecified atom stereocenters. The fourth-order valence-corrected chi connectivity index (χ4v) is 3.55. The van der Waals surface area contributed by atoms with Gasteiger partial charge >= 0.3 is 0 Å². The van der Waals surface area contributed by atoms with E-state index in [0.717, 1.165) is 0 Å². The highest BCUT2D eigenvalue weighted by Crippen LogP contribution is 2.20. The van der Waals surface area contributed by atoms with Gasteiger partial charge < -0.3 is 5.73 Å². The second-order valence-corrected chi connectivity index (χ2v) is 6.48. The number of Topliss-reactive ketones (excluding diaryl/α,β-unsaturated/α-hetero) is 1. The van der Waals surface area contributed by atoms with Gasteiger partial charge in [0.05, 0.1) is 11.4 Å².